The summed E-state index contributed by atoms with van der Waals surface area (Å²) in [4.78, 5) is 21.4. The van der Waals surface area contributed by atoms with E-state index in [0.29, 0.717) is 41.3 Å². The number of amides is 1. The number of aromatic nitrogens is 3. The first-order valence-electron chi connectivity index (χ1n) is 9.06. The number of anilines is 1. The van der Waals surface area contributed by atoms with Gasteiger partial charge in [-0.2, -0.15) is 0 Å². The highest BCUT2D eigenvalue weighted by Gasteiger charge is 2.15. The molecule has 0 aliphatic carbocycles. The molecule has 0 saturated carbocycles. The minimum atomic E-state index is -0.101. The molecule has 28 heavy (non-hydrogen) atoms. The molecule has 0 unspecified atom stereocenters. The van der Waals surface area contributed by atoms with Gasteiger partial charge in [-0.1, -0.05) is 23.4 Å². The standard InChI is InChI=1S/C21H20N4O3/c1-12-16(14(3)28-25-12)9-10-19(26)23-17-11-18-21(22-13(17)2)27-20(24-18)15-7-5-4-6-8-15/h4-8,11H,9-10H2,1-3H3,(H,23,26). The van der Waals surface area contributed by atoms with E-state index in [2.05, 4.69) is 20.4 Å². The van der Waals surface area contributed by atoms with Crippen LogP contribution in [-0.4, -0.2) is 21.0 Å². The molecule has 0 radical (unpaired) electrons. The Kier molecular flexibility index (Phi) is 4.65. The van der Waals surface area contributed by atoms with Crippen LogP contribution in [0.5, 0.6) is 0 Å². The molecule has 7 nitrogen and oxygen atoms in total. The number of hydrogen-bond donors (Lipinski definition) is 1. The van der Waals surface area contributed by atoms with Crippen molar-refractivity contribution in [2.75, 3.05) is 5.32 Å². The summed E-state index contributed by atoms with van der Waals surface area (Å²) >= 11 is 0. The second kappa shape index (κ2) is 7.26. The molecule has 7 heteroatoms. The highest BCUT2D eigenvalue weighted by Crippen LogP contribution is 2.26. The number of nitrogens with one attached hydrogen (secondary N) is 1. The Morgan fingerprint density at radius 1 is 1.07 bits per heavy atom. The molecule has 0 aliphatic heterocycles. The summed E-state index contributed by atoms with van der Waals surface area (Å²) in [6.07, 6.45) is 0.901. The Morgan fingerprint density at radius 3 is 2.57 bits per heavy atom. The van der Waals surface area contributed by atoms with E-state index in [1.54, 1.807) is 6.07 Å². The van der Waals surface area contributed by atoms with Gasteiger partial charge in [-0.25, -0.2) is 9.97 Å². The maximum atomic E-state index is 12.4. The quantitative estimate of drug-likeness (QED) is 0.556. The van der Waals surface area contributed by atoms with Gasteiger partial charge in [-0.15, -0.1) is 0 Å². The zero-order valence-corrected chi connectivity index (χ0v) is 15.9. The summed E-state index contributed by atoms with van der Waals surface area (Å²) in [6.45, 7) is 5.55. The second-order valence-electron chi connectivity index (χ2n) is 6.68. The molecule has 1 aromatic carbocycles. The third-order valence-electron chi connectivity index (χ3n) is 4.65. The van der Waals surface area contributed by atoms with Gasteiger partial charge >= 0.3 is 0 Å². The van der Waals surface area contributed by atoms with E-state index < -0.39 is 0 Å². The number of oxazole rings is 1. The number of pyridine rings is 1. The van der Waals surface area contributed by atoms with Gasteiger partial charge in [-0.3, -0.25) is 4.79 Å². The molecule has 0 saturated heterocycles. The molecule has 142 valence electrons. The molecule has 0 atom stereocenters. The van der Waals surface area contributed by atoms with Crippen molar-refractivity contribution < 1.29 is 13.7 Å². The fourth-order valence-corrected chi connectivity index (χ4v) is 3.09. The van der Waals surface area contributed by atoms with Crippen LogP contribution in [0.1, 0.15) is 29.1 Å². The van der Waals surface area contributed by atoms with Crippen LogP contribution in [0.3, 0.4) is 0 Å². The first-order valence-corrected chi connectivity index (χ1v) is 9.06. The van der Waals surface area contributed by atoms with E-state index in [4.69, 9.17) is 8.94 Å². The van der Waals surface area contributed by atoms with E-state index in [-0.39, 0.29) is 5.91 Å². The Labute approximate surface area is 161 Å². The molecule has 3 aromatic heterocycles. The minimum Gasteiger partial charge on any atom is -0.418 e. The lowest BCUT2D eigenvalue weighted by molar-refractivity contribution is -0.116. The van der Waals surface area contributed by atoms with Gasteiger partial charge in [-0.05, 0) is 45.4 Å². The van der Waals surface area contributed by atoms with E-state index in [0.717, 1.165) is 22.6 Å². The third-order valence-corrected chi connectivity index (χ3v) is 4.65. The lowest BCUT2D eigenvalue weighted by atomic mass is 10.1. The summed E-state index contributed by atoms with van der Waals surface area (Å²) in [5, 5.41) is 6.84. The number of benzene rings is 1. The van der Waals surface area contributed by atoms with Crippen molar-refractivity contribution >= 4 is 22.8 Å². The number of hydrogen-bond acceptors (Lipinski definition) is 6. The summed E-state index contributed by atoms with van der Waals surface area (Å²) < 4.78 is 10.9. The average molecular weight is 376 g/mol. The first-order chi connectivity index (χ1) is 13.5. The van der Waals surface area contributed by atoms with Crippen molar-refractivity contribution in [2.45, 2.75) is 33.6 Å². The molecule has 0 fully saturated rings. The van der Waals surface area contributed by atoms with Gasteiger partial charge < -0.3 is 14.3 Å². The molecular weight excluding hydrogens is 356 g/mol. The Morgan fingerprint density at radius 2 is 1.86 bits per heavy atom. The molecule has 1 N–H and O–H groups in total. The molecule has 0 aliphatic rings. The average Bonchev–Trinajstić information content (AvgIpc) is 3.24. The van der Waals surface area contributed by atoms with Gasteiger partial charge in [0.1, 0.15) is 11.3 Å². The Bertz CT molecular complexity index is 1130. The predicted octanol–water partition coefficient (Wildman–Crippen LogP) is 4.37. The van der Waals surface area contributed by atoms with Crippen LogP contribution in [0.25, 0.3) is 22.7 Å². The van der Waals surface area contributed by atoms with Crippen molar-refractivity contribution in [2.24, 2.45) is 0 Å². The number of carbonyl (C=O) groups is 1. The zero-order chi connectivity index (χ0) is 19.7. The number of aryl methyl sites for hydroxylation is 3. The topological polar surface area (TPSA) is 94.1 Å². The van der Waals surface area contributed by atoms with E-state index in [1.165, 1.54) is 0 Å². The third kappa shape index (κ3) is 3.51. The lowest BCUT2D eigenvalue weighted by Crippen LogP contribution is -2.14. The maximum Gasteiger partial charge on any atom is 0.247 e. The summed E-state index contributed by atoms with van der Waals surface area (Å²) in [7, 11) is 0. The van der Waals surface area contributed by atoms with E-state index >= 15 is 0 Å². The van der Waals surface area contributed by atoms with Crippen LogP contribution in [0.2, 0.25) is 0 Å². The normalized spacial score (nSPS) is 11.1. The van der Waals surface area contributed by atoms with Crippen LogP contribution in [-0.2, 0) is 11.2 Å². The molecular formula is C21H20N4O3. The molecule has 4 aromatic rings. The molecule has 4 rings (SSSR count). The van der Waals surface area contributed by atoms with Gasteiger partial charge in [0.25, 0.3) is 0 Å². The number of nitrogens with zero attached hydrogens (tertiary/aromatic N) is 3. The van der Waals surface area contributed by atoms with Crippen molar-refractivity contribution in [1.29, 1.82) is 0 Å². The molecule has 0 bridgehead atoms. The van der Waals surface area contributed by atoms with Crippen LogP contribution in [0.15, 0.2) is 45.3 Å². The van der Waals surface area contributed by atoms with Gasteiger partial charge in [0.15, 0.2) is 0 Å². The fourth-order valence-electron chi connectivity index (χ4n) is 3.09. The van der Waals surface area contributed by atoms with Crippen molar-refractivity contribution in [3.8, 4) is 11.5 Å². The zero-order valence-electron chi connectivity index (χ0n) is 15.9. The monoisotopic (exact) mass is 376 g/mol. The van der Waals surface area contributed by atoms with E-state index in [9.17, 15) is 4.79 Å². The molecule has 3 heterocycles. The van der Waals surface area contributed by atoms with Gasteiger partial charge in [0.05, 0.1) is 17.1 Å². The SMILES string of the molecule is Cc1nc2oc(-c3ccccc3)nc2cc1NC(=O)CCc1c(C)noc1C. The molecule has 1 amide bonds. The minimum absolute atomic E-state index is 0.101. The van der Waals surface area contributed by atoms with Gasteiger partial charge in [0.2, 0.25) is 17.5 Å². The fraction of sp³-hybridized carbons (Fsp3) is 0.238. The van der Waals surface area contributed by atoms with Crippen LogP contribution in [0.4, 0.5) is 5.69 Å². The number of fused-ring (bicyclic) bond motifs is 1. The second-order valence-corrected chi connectivity index (χ2v) is 6.68. The smallest absolute Gasteiger partial charge is 0.247 e. The van der Waals surface area contributed by atoms with Gasteiger partial charge in [0, 0.05) is 17.5 Å². The Hall–Kier alpha value is -3.48. The molecule has 0 spiro atoms. The van der Waals surface area contributed by atoms with E-state index in [1.807, 2.05) is 51.1 Å². The highest BCUT2D eigenvalue weighted by atomic mass is 16.5. The maximum absolute atomic E-state index is 12.4. The predicted molar refractivity (Wildman–Crippen MR) is 105 cm³/mol. The summed E-state index contributed by atoms with van der Waals surface area (Å²) in [6, 6.07) is 11.4. The van der Waals surface area contributed by atoms with Crippen molar-refractivity contribution in [3.63, 3.8) is 0 Å². The summed E-state index contributed by atoms with van der Waals surface area (Å²) in [5.74, 6) is 1.15. The van der Waals surface area contributed by atoms with Crippen molar-refractivity contribution in [3.05, 3.63) is 59.1 Å². The summed E-state index contributed by atoms with van der Waals surface area (Å²) in [5.41, 5.74) is 5.03. The highest BCUT2D eigenvalue weighted by molar-refractivity contribution is 5.93. The largest absolute Gasteiger partial charge is 0.418 e. The van der Waals surface area contributed by atoms with Crippen molar-refractivity contribution in [1.82, 2.24) is 15.1 Å². The lowest BCUT2D eigenvalue weighted by Gasteiger charge is -2.07. The van der Waals surface area contributed by atoms with Crippen LogP contribution >= 0.6 is 0 Å². The first kappa shape index (κ1) is 17.9. The number of carbonyl (C=O) groups excluding carboxylic acids is 1. The number of rotatable bonds is 5. The van der Waals surface area contributed by atoms with Crippen LogP contribution in [0, 0.1) is 20.8 Å². The Balaban J connectivity index is 1.52. The van der Waals surface area contributed by atoms with Crippen LogP contribution < -0.4 is 5.32 Å².